The van der Waals surface area contributed by atoms with Crippen LogP contribution in [0.2, 0.25) is 0 Å². The van der Waals surface area contributed by atoms with E-state index in [1.54, 1.807) is 13.8 Å². The first-order valence-electron chi connectivity index (χ1n) is 6.76. The first-order chi connectivity index (χ1) is 9.82. The summed E-state index contributed by atoms with van der Waals surface area (Å²) >= 11 is 3.29. The van der Waals surface area contributed by atoms with Gasteiger partial charge in [0.25, 0.3) is 11.5 Å². The number of hydrogen-bond donors (Lipinski definition) is 2. The first-order valence-corrected chi connectivity index (χ1v) is 7.55. The summed E-state index contributed by atoms with van der Waals surface area (Å²) in [5.41, 5.74) is 0.224. The Morgan fingerprint density at radius 3 is 2.76 bits per heavy atom. The van der Waals surface area contributed by atoms with Crippen LogP contribution in [0.3, 0.4) is 0 Å². The van der Waals surface area contributed by atoms with E-state index in [-0.39, 0.29) is 5.56 Å². The van der Waals surface area contributed by atoms with Gasteiger partial charge in [0.05, 0.1) is 5.92 Å². The molecular weight excluding hydrogens is 340 g/mol. The summed E-state index contributed by atoms with van der Waals surface area (Å²) in [5.74, 6) is -1.91. The molecule has 114 valence electrons. The van der Waals surface area contributed by atoms with E-state index in [1.807, 2.05) is 0 Å². The van der Waals surface area contributed by atoms with Crippen molar-refractivity contribution in [2.45, 2.75) is 32.7 Å². The van der Waals surface area contributed by atoms with Crippen LogP contribution in [0.5, 0.6) is 0 Å². The number of carbonyl (C=O) groups is 2. The number of amides is 1. The largest absolute Gasteiger partial charge is 0.481 e. The number of halogens is 1. The van der Waals surface area contributed by atoms with Crippen LogP contribution in [0.4, 0.5) is 0 Å². The lowest BCUT2D eigenvalue weighted by Gasteiger charge is -2.37. The summed E-state index contributed by atoms with van der Waals surface area (Å²) in [6.07, 6.45) is 1.17. The summed E-state index contributed by atoms with van der Waals surface area (Å²) < 4.78 is 0.643. The summed E-state index contributed by atoms with van der Waals surface area (Å²) in [4.78, 5) is 39.8. The Labute approximate surface area is 130 Å². The molecule has 1 aliphatic heterocycles. The molecule has 1 aromatic rings. The topological polar surface area (TPSA) is 90.5 Å². The van der Waals surface area contributed by atoms with Gasteiger partial charge in [-0.05, 0) is 48.7 Å². The van der Waals surface area contributed by atoms with Gasteiger partial charge in [-0.25, -0.2) is 0 Å². The molecule has 1 aromatic heterocycles. The van der Waals surface area contributed by atoms with Gasteiger partial charge in [-0.3, -0.25) is 14.4 Å². The fourth-order valence-electron chi connectivity index (χ4n) is 2.67. The lowest BCUT2D eigenvalue weighted by Crippen LogP contribution is -2.50. The maximum Gasteiger partial charge on any atom is 0.308 e. The van der Waals surface area contributed by atoms with Crippen LogP contribution in [-0.4, -0.2) is 39.5 Å². The maximum absolute atomic E-state index is 12.6. The molecular formula is C14H17BrN2O4. The number of aliphatic carboxylic acids is 1. The van der Waals surface area contributed by atoms with E-state index in [9.17, 15) is 19.5 Å². The Kier molecular flexibility index (Phi) is 4.51. The van der Waals surface area contributed by atoms with E-state index in [4.69, 9.17) is 0 Å². The minimum Gasteiger partial charge on any atom is -0.481 e. The summed E-state index contributed by atoms with van der Waals surface area (Å²) in [6.45, 7) is 3.91. The number of carboxylic acid groups (broad SMARTS) is 1. The third-order valence-electron chi connectivity index (χ3n) is 3.97. The molecule has 0 aliphatic carbocycles. The van der Waals surface area contributed by atoms with Crippen molar-refractivity contribution < 1.29 is 14.7 Å². The molecule has 0 spiro atoms. The van der Waals surface area contributed by atoms with Crippen LogP contribution in [0, 0.1) is 12.8 Å². The summed E-state index contributed by atoms with van der Waals surface area (Å²) in [7, 11) is 0. The van der Waals surface area contributed by atoms with Crippen molar-refractivity contribution in [3.63, 3.8) is 0 Å². The van der Waals surface area contributed by atoms with Crippen LogP contribution in [-0.2, 0) is 4.79 Å². The number of aromatic amines is 1. The van der Waals surface area contributed by atoms with E-state index >= 15 is 0 Å². The highest BCUT2D eigenvalue weighted by Crippen LogP contribution is 2.25. The van der Waals surface area contributed by atoms with Gasteiger partial charge >= 0.3 is 5.97 Å². The third kappa shape index (κ3) is 3.02. The Hall–Kier alpha value is -1.63. The van der Waals surface area contributed by atoms with Crippen LogP contribution < -0.4 is 5.56 Å². The number of carbonyl (C=O) groups excluding carboxylic acids is 1. The predicted octanol–water partition coefficient (Wildman–Crippen LogP) is 1.77. The molecule has 7 heteroatoms. The van der Waals surface area contributed by atoms with Gasteiger partial charge in [0.2, 0.25) is 0 Å². The van der Waals surface area contributed by atoms with Crippen LogP contribution in [0.25, 0.3) is 0 Å². The van der Waals surface area contributed by atoms with Crippen LogP contribution >= 0.6 is 15.9 Å². The molecule has 0 saturated carbocycles. The van der Waals surface area contributed by atoms with Gasteiger partial charge in [-0.2, -0.15) is 0 Å². The normalized spacial score (nSPS) is 22.1. The molecule has 2 rings (SSSR count). The number of hydrogen-bond acceptors (Lipinski definition) is 3. The highest BCUT2D eigenvalue weighted by molar-refractivity contribution is 9.10. The molecule has 2 heterocycles. The number of nitrogens with one attached hydrogen (secondary N) is 1. The zero-order chi connectivity index (χ0) is 15.7. The molecule has 6 nitrogen and oxygen atoms in total. The van der Waals surface area contributed by atoms with Crippen LogP contribution in [0.1, 0.15) is 35.8 Å². The molecule has 21 heavy (non-hydrogen) atoms. The van der Waals surface area contributed by atoms with Gasteiger partial charge in [-0.1, -0.05) is 0 Å². The zero-order valence-corrected chi connectivity index (χ0v) is 13.4. The van der Waals surface area contributed by atoms with Gasteiger partial charge in [0.1, 0.15) is 5.56 Å². The Morgan fingerprint density at radius 2 is 2.14 bits per heavy atom. The van der Waals surface area contributed by atoms with Gasteiger partial charge in [-0.15, -0.1) is 0 Å². The lowest BCUT2D eigenvalue weighted by atomic mass is 9.90. The van der Waals surface area contributed by atoms with Crippen molar-refractivity contribution in [2.24, 2.45) is 5.92 Å². The maximum atomic E-state index is 12.6. The van der Waals surface area contributed by atoms with Crippen molar-refractivity contribution >= 4 is 27.8 Å². The highest BCUT2D eigenvalue weighted by atomic mass is 79.9. The molecule has 1 amide bonds. The van der Waals surface area contributed by atoms with E-state index in [2.05, 4.69) is 20.9 Å². The molecule has 2 N–H and O–H groups in total. The zero-order valence-electron chi connectivity index (χ0n) is 11.9. The molecule has 0 aromatic carbocycles. The quantitative estimate of drug-likeness (QED) is 0.844. The number of pyridine rings is 1. The fraction of sp³-hybridized carbons (Fsp3) is 0.500. The number of piperidine rings is 1. The van der Waals surface area contributed by atoms with Crippen LogP contribution in [0.15, 0.2) is 15.3 Å². The number of aromatic nitrogens is 1. The lowest BCUT2D eigenvalue weighted by molar-refractivity contribution is -0.144. The number of nitrogens with zero attached hydrogens (tertiary/aromatic N) is 1. The number of H-pyrrole nitrogens is 1. The molecule has 0 bridgehead atoms. The smallest absolute Gasteiger partial charge is 0.308 e. The fourth-order valence-corrected chi connectivity index (χ4v) is 3.00. The summed E-state index contributed by atoms with van der Waals surface area (Å²) in [6, 6.07) is 1.07. The van der Waals surface area contributed by atoms with E-state index in [0.717, 1.165) is 0 Å². The van der Waals surface area contributed by atoms with Gasteiger partial charge in [0.15, 0.2) is 0 Å². The number of aryl methyl sites for hydroxylation is 1. The first kappa shape index (κ1) is 15.8. The second kappa shape index (κ2) is 6.01. The standard InChI is InChI=1S/C14H17BrN2O4/c1-7-11(15)6-10(12(18)16-7)13(19)17-5-3-4-9(8(17)2)14(20)21/h6,8-9H,3-5H2,1-2H3,(H,16,18)(H,20,21)/t8-,9-/m1/s1. The van der Waals surface area contributed by atoms with Crippen molar-refractivity contribution in [1.82, 2.24) is 9.88 Å². The van der Waals surface area contributed by atoms with E-state index in [0.29, 0.717) is 29.6 Å². The minimum atomic E-state index is -0.904. The SMILES string of the molecule is Cc1[nH]c(=O)c(C(=O)N2CCC[C@@H](C(=O)O)[C@H]2C)cc1Br. The Morgan fingerprint density at radius 1 is 1.48 bits per heavy atom. The van der Waals surface area contributed by atoms with E-state index < -0.39 is 29.4 Å². The van der Waals surface area contributed by atoms with Crippen molar-refractivity contribution in [3.05, 3.63) is 32.2 Å². The highest BCUT2D eigenvalue weighted by Gasteiger charge is 2.36. The predicted molar refractivity (Wildman–Crippen MR) is 80.4 cm³/mol. The minimum absolute atomic E-state index is 0.0327. The molecule has 1 fully saturated rings. The second-order valence-electron chi connectivity index (χ2n) is 5.31. The van der Waals surface area contributed by atoms with Gasteiger partial charge < -0.3 is 15.0 Å². The molecule has 0 radical (unpaired) electrons. The molecule has 1 aliphatic rings. The Balaban J connectivity index is 2.33. The molecule has 2 atom stereocenters. The Bertz CT molecular complexity index is 640. The average Bonchev–Trinajstić information content (AvgIpc) is 2.42. The van der Waals surface area contributed by atoms with Crippen molar-refractivity contribution in [3.8, 4) is 0 Å². The molecule has 0 unspecified atom stereocenters. The van der Waals surface area contributed by atoms with E-state index in [1.165, 1.54) is 11.0 Å². The number of rotatable bonds is 2. The second-order valence-corrected chi connectivity index (χ2v) is 6.17. The number of likely N-dealkylation sites (tertiary alicyclic amines) is 1. The average molecular weight is 357 g/mol. The molecule has 1 saturated heterocycles. The van der Waals surface area contributed by atoms with Crippen molar-refractivity contribution in [2.75, 3.05) is 6.54 Å². The number of carboxylic acids is 1. The summed E-state index contributed by atoms with van der Waals surface area (Å²) in [5, 5.41) is 9.20. The van der Waals surface area contributed by atoms with Crippen molar-refractivity contribution in [1.29, 1.82) is 0 Å². The van der Waals surface area contributed by atoms with Gasteiger partial charge in [0, 0.05) is 22.8 Å². The monoisotopic (exact) mass is 356 g/mol. The third-order valence-corrected chi connectivity index (χ3v) is 4.80.